The van der Waals surface area contributed by atoms with E-state index in [-0.39, 0.29) is 31.9 Å². The fourth-order valence-corrected chi connectivity index (χ4v) is 4.35. The van der Waals surface area contributed by atoms with E-state index in [0.717, 1.165) is 12.8 Å². The first-order valence-corrected chi connectivity index (χ1v) is 15.8. The molecule has 0 aliphatic carbocycles. The molecule has 0 heterocycles. The number of ether oxygens (including phenoxy) is 3. The van der Waals surface area contributed by atoms with Gasteiger partial charge in [-0.05, 0) is 13.3 Å². The van der Waals surface area contributed by atoms with Crippen molar-refractivity contribution in [2.75, 3.05) is 25.8 Å². The van der Waals surface area contributed by atoms with Crippen LogP contribution in [-0.4, -0.2) is 50.8 Å². The monoisotopic (exact) mass is 522 g/mol. The lowest BCUT2D eigenvalue weighted by atomic mass is 10.0. The van der Waals surface area contributed by atoms with Gasteiger partial charge in [0.15, 0.2) is 5.94 Å². The zero-order valence-electron chi connectivity index (χ0n) is 22.6. The Morgan fingerprint density at radius 2 is 1.09 bits per heavy atom. The van der Waals surface area contributed by atoms with Crippen LogP contribution in [0.1, 0.15) is 136 Å². The average Bonchev–Trinajstić information content (AvgIpc) is 2.79. The summed E-state index contributed by atoms with van der Waals surface area (Å²) >= 11 is 0. The largest absolute Gasteiger partial charge is 0.460 e. The Balaban J connectivity index is 3.30. The molecule has 0 saturated heterocycles. The Hall–Kier alpha value is -0.700. The molecule has 0 rings (SSSR count). The van der Waals surface area contributed by atoms with E-state index in [1.54, 1.807) is 6.92 Å². The predicted octanol–water partition coefficient (Wildman–Crippen LogP) is 7.23. The summed E-state index contributed by atoms with van der Waals surface area (Å²) < 4.78 is 44.8. The third kappa shape index (κ3) is 29.4. The summed E-state index contributed by atoms with van der Waals surface area (Å²) in [6.07, 6.45) is 23.8. The van der Waals surface area contributed by atoms with E-state index in [0.29, 0.717) is 6.42 Å². The van der Waals surface area contributed by atoms with Crippen molar-refractivity contribution in [3.8, 4) is 0 Å². The quantitative estimate of drug-likeness (QED) is 0.0690. The predicted molar refractivity (Wildman–Crippen MR) is 142 cm³/mol. The van der Waals surface area contributed by atoms with Crippen LogP contribution in [0, 0.1) is 0 Å². The Kier molecular flexibility index (Phi) is 24.5. The average molecular weight is 523 g/mol. The number of hydrogen-bond donors (Lipinski definition) is 1. The number of esters is 1. The summed E-state index contributed by atoms with van der Waals surface area (Å²) in [5.74, 6) is -0.958. The van der Waals surface area contributed by atoms with Crippen LogP contribution in [-0.2, 0) is 29.1 Å². The van der Waals surface area contributed by atoms with E-state index in [2.05, 4.69) is 6.92 Å². The summed E-state index contributed by atoms with van der Waals surface area (Å²) in [5, 5.41) is 0. The summed E-state index contributed by atoms with van der Waals surface area (Å²) in [4.78, 5) is 11.9. The summed E-state index contributed by atoms with van der Waals surface area (Å²) in [7, 11) is -4.12. The molecule has 0 fully saturated rings. The molecular weight excluding hydrogens is 468 g/mol. The van der Waals surface area contributed by atoms with E-state index in [1.807, 2.05) is 0 Å². The second-order valence-corrected chi connectivity index (χ2v) is 11.1. The lowest BCUT2D eigenvalue weighted by molar-refractivity contribution is -0.151. The van der Waals surface area contributed by atoms with Crippen LogP contribution in [0.3, 0.4) is 0 Å². The van der Waals surface area contributed by atoms with Gasteiger partial charge in [-0.2, -0.15) is 8.42 Å². The molecule has 0 spiro atoms. The van der Waals surface area contributed by atoms with Crippen LogP contribution < -0.4 is 0 Å². The number of rotatable bonds is 27. The van der Waals surface area contributed by atoms with Gasteiger partial charge >= 0.3 is 5.97 Å². The zero-order valence-corrected chi connectivity index (χ0v) is 23.5. The minimum absolute atomic E-state index is 0.0414. The van der Waals surface area contributed by atoms with Crippen molar-refractivity contribution in [2.24, 2.45) is 0 Å². The SMILES string of the molecule is CCCCCCCCCCCCCCCCCCCCC(=O)OC(C)COCCOCS(=O)(=O)O. The van der Waals surface area contributed by atoms with Gasteiger partial charge in [-0.25, -0.2) is 0 Å². The zero-order chi connectivity index (χ0) is 26.0. The Labute approximate surface area is 215 Å². The third-order valence-electron chi connectivity index (χ3n) is 6.02. The van der Waals surface area contributed by atoms with Crippen LogP contribution in [0.2, 0.25) is 0 Å². The van der Waals surface area contributed by atoms with Gasteiger partial charge < -0.3 is 14.2 Å². The molecule has 1 unspecified atom stereocenters. The van der Waals surface area contributed by atoms with Crippen LogP contribution >= 0.6 is 0 Å². The molecule has 0 aromatic carbocycles. The number of carbonyl (C=O) groups is 1. The first-order valence-electron chi connectivity index (χ1n) is 14.1. The molecule has 1 atom stereocenters. The lowest BCUT2D eigenvalue weighted by Gasteiger charge is -2.13. The van der Waals surface area contributed by atoms with Gasteiger partial charge in [0.1, 0.15) is 6.10 Å². The van der Waals surface area contributed by atoms with Crippen LogP contribution in [0.15, 0.2) is 0 Å². The van der Waals surface area contributed by atoms with E-state index in [1.165, 1.54) is 103 Å². The maximum Gasteiger partial charge on any atom is 0.306 e. The van der Waals surface area contributed by atoms with Crippen molar-refractivity contribution in [2.45, 2.75) is 142 Å². The number of unbranched alkanes of at least 4 members (excludes halogenated alkanes) is 17. The summed E-state index contributed by atoms with van der Waals surface area (Å²) in [6, 6.07) is 0. The molecule has 0 amide bonds. The second kappa shape index (κ2) is 25.0. The lowest BCUT2D eigenvalue weighted by Crippen LogP contribution is -2.21. The van der Waals surface area contributed by atoms with Gasteiger partial charge in [0.2, 0.25) is 0 Å². The van der Waals surface area contributed by atoms with Gasteiger partial charge in [-0.15, -0.1) is 0 Å². The standard InChI is InChI=1S/C27H54O7S/c1-3-4-5-6-7-8-9-10-11-12-13-14-15-16-17-18-19-20-21-27(28)34-26(2)24-32-22-23-33-25-35(29,30)31/h26H,3-25H2,1-2H3,(H,29,30,31). The van der Waals surface area contributed by atoms with Crippen molar-refractivity contribution >= 4 is 16.1 Å². The molecule has 210 valence electrons. The Morgan fingerprint density at radius 1 is 0.686 bits per heavy atom. The molecule has 1 N–H and O–H groups in total. The number of carbonyl (C=O) groups excluding carboxylic acids is 1. The van der Waals surface area contributed by atoms with Gasteiger partial charge in [0.05, 0.1) is 19.8 Å². The van der Waals surface area contributed by atoms with Crippen molar-refractivity contribution in [1.82, 2.24) is 0 Å². The van der Waals surface area contributed by atoms with Crippen LogP contribution in [0.25, 0.3) is 0 Å². The summed E-state index contributed by atoms with van der Waals surface area (Å²) in [6.45, 7) is 4.46. The number of hydrogen-bond acceptors (Lipinski definition) is 6. The second-order valence-electron chi connectivity index (χ2n) is 9.74. The van der Waals surface area contributed by atoms with Gasteiger partial charge in [0, 0.05) is 6.42 Å². The fraction of sp³-hybridized carbons (Fsp3) is 0.963. The molecule has 0 saturated carbocycles. The van der Waals surface area contributed by atoms with Gasteiger partial charge in [-0.3, -0.25) is 9.35 Å². The van der Waals surface area contributed by atoms with Crippen molar-refractivity contribution in [3.05, 3.63) is 0 Å². The van der Waals surface area contributed by atoms with E-state index in [4.69, 9.17) is 18.8 Å². The Morgan fingerprint density at radius 3 is 1.51 bits per heavy atom. The fourth-order valence-electron chi connectivity index (χ4n) is 4.02. The molecule has 0 aromatic heterocycles. The van der Waals surface area contributed by atoms with Gasteiger partial charge in [0.25, 0.3) is 10.1 Å². The van der Waals surface area contributed by atoms with Crippen molar-refractivity contribution in [1.29, 1.82) is 0 Å². The normalized spacial score (nSPS) is 12.7. The topological polar surface area (TPSA) is 99.1 Å². The van der Waals surface area contributed by atoms with Crippen molar-refractivity contribution in [3.63, 3.8) is 0 Å². The molecule has 35 heavy (non-hydrogen) atoms. The molecule has 0 aliphatic rings. The highest BCUT2D eigenvalue weighted by atomic mass is 32.2. The molecule has 0 radical (unpaired) electrons. The van der Waals surface area contributed by atoms with Gasteiger partial charge in [-0.1, -0.05) is 116 Å². The molecule has 8 heteroatoms. The van der Waals surface area contributed by atoms with E-state index < -0.39 is 16.1 Å². The summed E-state index contributed by atoms with van der Waals surface area (Å²) in [5.41, 5.74) is 0. The molecular formula is C27H54O7S. The van der Waals surface area contributed by atoms with Crippen molar-refractivity contribution < 1.29 is 32.0 Å². The minimum Gasteiger partial charge on any atom is -0.460 e. The highest BCUT2D eigenvalue weighted by Gasteiger charge is 2.10. The van der Waals surface area contributed by atoms with E-state index in [9.17, 15) is 13.2 Å². The molecule has 0 aliphatic heterocycles. The highest BCUT2D eigenvalue weighted by Crippen LogP contribution is 2.14. The Bertz CT molecular complexity index is 566. The third-order valence-corrected chi connectivity index (χ3v) is 6.49. The molecule has 7 nitrogen and oxygen atoms in total. The first-order chi connectivity index (χ1) is 16.8. The maximum atomic E-state index is 11.9. The van der Waals surface area contributed by atoms with Crippen LogP contribution in [0.5, 0.6) is 0 Å². The molecule has 0 bridgehead atoms. The maximum absolute atomic E-state index is 11.9. The minimum atomic E-state index is -4.12. The first kappa shape index (κ1) is 34.3. The van der Waals surface area contributed by atoms with E-state index >= 15 is 0 Å². The highest BCUT2D eigenvalue weighted by molar-refractivity contribution is 7.85. The van der Waals surface area contributed by atoms with Crippen LogP contribution in [0.4, 0.5) is 0 Å². The smallest absolute Gasteiger partial charge is 0.306 e. The molecule has 0 aromatic rings.